The summed E-state index contributed by atoms with van der Waals surface area (Å²) in [6.07, 6.45) is 0. The average Bonchev–Trinajstić information content (AvgIpc) is 3.36. The van der Waals surface area contributed by atoms with E-state index < -0.39 is 23.1 Å². The summed E-state index contributed by atoms with van der Waals surface area (Å²) in [6.45, 7) is 6.19. The van der Waals surface area contributed by atoms with E-state index in [-0.39, 0.29) is 30.2 Å². The van der Waals surface area contributed by atoms with Gasteiger partial charge in [-0.05, 0) is 51.5 Å². The van der Waals surface area contributed by atoms with E-state index in [2.05, 4.69) is 20.6 Å². The van der Waals surface area contributed by atoms with Crippen LogP contribution in [-0.2, 0) is 12.1 Å². The van der Waals surface area contributed by atoms with Crippen molar-refractivity contribution in [3.63, 3.8) is 0 Å². The van der Waals surface area contributed by atoms with E-state index >= 15 is 0 Å². The molecular weight excluding hydrogens is 464 g/mol. The first-order chi connectivity index (χ1) is 16.1. The van der Waals surface area contributed by atoms with Gasteiger partial charge in [-0.3, -0.25) is 4.79 Å². The molecule has 0 saturated heterocycles. The van der Waals surface area contributed by atoms with E-state index in [1.165, 1.54) is 21.9 Å². The lowest BCUT2D eigenvalue weighted by atomic mass is 10.0. The lowest BCUT2D eigenvalue weighted by Crippen LogP contribution is -2.46. The molecule has 3 heterocycles. The molecule has 8 nitrogen and oxygen atoms in total. The maximum Gasteiger partial charge on any atom is 0.256 e. The third kappa shape index (κ3) is 4.36. The number of amides is 1. The first kappa shape index (κ1) is 23.7. The predicted molar refractivity (Wildman–Crippen MR) is 122 cm³/mol. The van der Waals surface area contributed by atoms with Crippen LogP contribution in [0.3, 0.4) is 0 Å². The molecule has 34 heavy (non-hydrogen) atoms. The number of carbonyl (C=O) groups excluding carboxylic acids is 1. The van der Waals surface area contributed by atoms with Crippen molar-refractivity contribution in [1.82, 2.24) is 25.1 Å². The first-order valence-corrected chi connectivity index (χ1v) is 11.2. The number of aromatic nitrogens is 4. The molecule has 2 N–H and O–H groups in total. The van der Waals surface area contributed by atoms with Crippen LogP contribution in [-0.4, -0.2) is 37.4 Å². The van der Waals surface area contributed by atoms with Crippen LogP contribution in [0.2, 0.25) is 0 Å². The number of hydrogen-bond acceptors (Lipinski definition) is 7. The van der Waals surface area contributed by atoms with Gasteiger partial charge in [0.15, 0.2) is 0 Å². The summed E-state index contributed by atoms with van der Waals surface area (Å²) in [6, 6.07) is 7.03. The largest absolute Gasteiger partial charge is 0.473 e. The van der Waals surface area contributed by atoms with Crippen LogP contribution in [0.25, 0.3) is 5.52 Å². The molecule has 0 aliphatic carbocycles. The summed E-state index contributed by atoms with van der Waals surface area (Å²) in [5.41, 5.74) is 0.563. The van der Waals surface area contributed by atoms with E-state index in [0.717, 1.165) is 17.7 Å². The van der Waals surface area contributed by atoms with Gasteiger partial charge in [-0.25, -0.2) is 8.78 Å². The number of aliphatic hydroxyl groups is 1. The highest BCUT2D eigenvalue weighted by Gasteiger charge is 2.34. The van der Waals surface area contributed by atoms with Gasteiger partial charge < -0.3 is 15.2 Å². The van der Waals surface area contributed by atoms with Crippen molar-refractivity contribution in [3.8, 4) is 5.88 Å². The quantitative estimate of drug-likeness (QED) is 0.413. The van der Waals surface area contributed by atoms with Crippen molar-refractivity contribution in [1.29, 1.82) is 0 Å². The molecule has 0 fully saturated rings. The predicted octanol–water partition coefficient (Wildman–Crippen LogP) is 3.61. The number of benzene rings is 1. The number of fused-ring (bicyclic) bond motifs is 1. The molecule has 4 aromatic rings. The summed E-state index contributed by atoms with van der Waals surface area (Å²) in [4.78, 5) is 13.3. The van der Waals surface area contributed by atoms with Crippen molar-refractivity contribution in [2.45, 2.75) is 39.8 Å². The monoisotopic (exact) mass is 487 g/mol. The van der Waals surface area contributed by atoms with Crippen LogP contribution < -0.4 is 10.1 Å². The highest BCUT2D eigenvalue weighted by molar-refractivity contribution is 7.11. The van der Waals surface area contributed by atoms with Gasteiger partial charge in [-0.2, -0.15) is 9.61 Å². The molecule has 11 heteroatoms. The Balaban J connectivity index is 1.69. The molecule has 0 unspecified atom stereocenters. The lowest BCUT2D eigenvalue weighted by molar-refractivity contribution is 0.0849. The lowest BCUT2D eigenvalue weighted by Gasteiger charge is -2.25. The normalized spacial score (nSPS) is 13.1. The molecule has 0 aliphatic rings. The van der Waals surface area contributed by atoms with E-state index in [4.69, 9.17) is 4.74 Å². The number of rotatable bonds is 7. The minimum Gasteiger partial charge on any atom is -0.473 e. The van der Waals surface area contributed by atoms with Gasteiger partial charge in [0.1, 0.15) is 33.8 Å². The number of nitrogens with zero attached hydrogens (tertiary/aromatic N) is 4. The fourth-order valence-electron chi connectivity index (χ4n) is 3.55. The molecule has 1 atom stereocenters. The number of pyridine rings is 1. The standard InChI is InChI=1S/C23H23F2N5O3S/c1-12-8-18-20(21(32)26-23(4,11-31)22-28-27-14(3)34-22)13(2)29-30(18)19(9-12)33-10-15-16(24)6-5-7-17(15)25/h5-9,31H,10-11H2,1-4H3,(H,26,32)/t23-/m0/s1. The maximum atomic E-state index is 14.0. The number of carbonyl (C=O) groups is 1. The summed E-state index contributed by atoms with van der Waals surface area (Å²) in [5.74, 6) is -1.66. The molecule has 1 amide bonds. The summed E-state index contributed by atoms with van der Waals surface area (Å²) < 4.78 is 35.2. The van der Waals surface area contributed by atoms with Crippen molar-refractivity contribution in [3.05, 3.63) is 74.4 Å². The smallest absolute Gasteiger partial charge is 0.256 e. The topological polar surface area (TPSA) is 102 Å². The molecule has 1 aromatic carbocycles. The van der Waals surface area contributed by atoms with Gasteiger partial charge in [-0.15, -0.1) is 10.2 Å². The van der Waals surface area contributed by atoms with Crippen molar-refractivity contribution in [2.24, 2.45) is 0 Å². The Morgan fingerprint density at radius 2 is 1.91 bits per heavy atom. The minimum absolute atomic E-state index is 0.204. The highest BCUT2D eigenvalue weighted by Crippen LogP contribution is 2.28. The minimum atomic E-state index is -1.14. The van der Waals surface area contributed by atoms with Crippen LogP contribution in [0.5, 0.6) is 5.88 Å². The van der Waals surface area contributed by atoms with Gasteiger partial charge in [0.25, 0.3) is 5.91 Å². The number of aryl methyl sites for hydroxylation is 3. The van der Waals surface area contributed by atoms with Crippen LogP contribution in [0.15, 0.2) is 30.3 Å². The van der Waals surface area contributed by atoms with Crippen molar-refractivity contribution < 1.29 is 23.4 Å². The second-order valence-electron chi connectivity index (χ2n) is 8.19. The second-order valence-corrected chi connectivity index (χ2v) is 9.37. The van der Waals surface area contributed by atoms with Gasteiger partial charge in [0, 0.05) is 6.07 Å². The van der Waals surface area contributed by atoms with Gasteiger partial charge in [0.05, 0.1) is 28.9 Å². The number of hydrogen-bond donors (Lipinski definition) is 2. The summed E-state index contributed by atoms with van der Waals surface area (Å²) in [5, 5.41) is 26.5. The fraction of sp³-hybridized carbons (Fsp3) is 0.304. The average molecular weight is 488 g/mol. The Labute approximate surface area is 198 Å². The van der Waals surface area contributed by atoms with E-state index in [1.807, 2.05) is 6.92 Å². The zero-order valence-electron chi connectivity index (χ0n) is 19.0. The molecule has 4 rings (SSSR count). The SMILES string of the molecule is Cc1cc(OCc2c(F)cccc2F)n2nc(C)c(C(=O)N[C@@](C)(CO)c3nnc(C)s3)c2c1. The van der Waals surface area contributed by atoms with Gasteiger partial charge in [-0.1, -0.05) is 17.4 Å². The fourth-order valence-corrected chi connectivity index (χ4v) is 4.34. The maximum absolute atomic E-state index is 14.0. The third-order valence-corrected chi connectivity index (χ3v) is 6.48. The molecule has 0 radical (unpaired) electrons. The van der Waals surface area contributed by atoms with Crippen LogP contribution in [0.1, 0.15) is 44.1 Å². The molecule has 3 aromatic heterocycles. The molecule has 178 valence electrons. The Morgan fingerprint density at radius 1 is 1.21 bits per heavy atom. The molecule has 0 saturated carbocycles. The van der Waals surface area contributed by atoms with Gasteiger partial charge >= 0.3 is 0 Å². The van der Waals surface area contributed by atoms with Gasteiger partial charge in [0.2, 0.25) is 5.88 Å². The number of aliphatic hydroxyl groups excluding tert-OH is 1. The Morgan fingerprint density at radius 3 is 2.53 bits per heavy atom. The van der Waals surface area contributed by atoms with Crippen molar-refractivity contribution in [2.75, 3.05) is 6.61 Å². The molecule has 0 bridgehead atoms. The highest BCUT2D eigenvalue weighted by atomic mass is 32.1. The van der Waals surface area contributed by atoms with E-state index in [9.17, 15) is 18.7 Å². The van der Waals surface area contributed by atoms with Crippen molar-refractivity contribution >= 4 is 22.8 Å². The zero-order valence-corrected chi connectivity index (χ0v) is 19.8. The number of halogens is 2. The van der Waals surface area contributed by atoms with E-state index in [1.54, 1.807) is 32.9 Å². The molecular formula is C23H23F2N5O3S. The second kappa shape index (κ2) is 9.07. The van der Waals surface area contributed by atoms with E-state index in [0.29, 0.717) is 21.2 Å². The van der Waals surface area contributed by atoms with Crippen LogP contribution in [0, 0.1) is 32.4 Å². The third-order valence-electron chi connectivity index (χ3n) is 5.38. The summed E-state index contributed by atoms with van der Waals surface area (Å²) in [7, 11) is 0. The summed E-state index contributed by atoms with van der Waals surface area (Å²) >= 11 is 1.28. The Kier molecular flexibility index (Phi) is 6.32. The molecule has 0 aliphatic heterocycles. The molecule has 0 spiro atoms. The van der Waals surface area contributed by atoms with Crippen LogP contribution >= 0.6 is 11.3 Å². The number of nitrogens with one attached hydrogen (secondary N) is 1. The Bertz CT molecular complexity index is 1370. The Hall–Kier alpha value is -3.44. The van der Waals surface area contributed by atoms with Crippen LogP contribution in [0.4, 0.5) is 8.78 Å². The first-order valence-electron chi connectivity index (χ1n) is 10.4. The zero-order chi connectivity index (χ0) is 24.6. The number of ether oxygens (including phenoxy) is 1.